The van der Waals surface area contributed by atoms with E-state index in [4.69, 9.17) is 4.74 Å². The molecular formula is C13H14FNO2. The summed E-state index contributed by atoms with van der Waals surface area (Å²) < 4.78 is 19.4. The summed E-state index contributed by atoms with van der Waals surface area (Å²) in [7, 11) is 0. The summed E-state index contributed by atoms with van der Waals surface area (Å²) in [6.07, 6.45) is 2.28. The van der Waals surface area contributed by atoms with Gasteiger partial charge in [0.1, 0.15) is 11.6 Å². The van der Waals surface area contributed by atoms with E-state index < -0.39 is 0 Å². The van der Waals surface area contributed by atoms with Gasteiger partial charge >= 0.3 is 0 Å². The average Bonchev–Trinajstić information content (AvgIpc) is 2.75. The standard InChI is InChI=1S/C13H14FNO2/c14-11-6-12-8(2-1-3-17-12)4-10(11)9-5-13(16)15-7-9/h4,6,9H,1-3,5,7H2,(H,15,16)/t9-/m0/s1. The highest BCUT2D eigenvalue weighted by atomic mass is 19.1. The number of aryl methyl sites for hydroxylation is 1. The van der Waals surface area contributed by atoms with Crippen molar-refractivity contribution in [1.29, 1.82) is 0 Å². The first-order chi connectivity index (χ1) is 8.24. The molecule has 0 bridgehead atoms. The minimum Gasteiger partial charge on any atom is -0.493 e. The summed E-state index contributed by atoms with van der Waals surface area (Å²) in [5.41, 5.74) is 1.71. The third-order valence-electron chi connectivity index (χ3n) is 3.45. The van der Waals surface area contributed by atoms with Gasteiger partial charge in [0.15, 0.2) is 0 Å². The summed E-state index contributed by atoms with van der Waals surface area (Å²) in [5, 5.41) is 2.74. The summed E-state index contributed by atoms with van der Waals surface area (Å²) >= 11 is 0. The van der Waals surface area contributed by atoms with Crippen molar-refractivity contribution in [3.63, 3.8) is 0 Å². The molecule has 1 fully saturated rings. The van der Waals surface area contributed by atoms with Crippen LogP contribution in [0.25, 0.3) is 0 Å². The molecule has 3 nitrogen and oxygen atoms in total. The number of carbonyl (C=O) groups is 1. The van der Waals surface area contributed by atoms with Crippen LogP contribution in [0.15, 0.2) is 12.1 Å². The molecule has 0 saturated carbocycles. The van der Waals surface area contributed by atoms with Gasteiger partial charge in [-0.05, 0) is 30.0 Å². The van der Waals surface area contributed by atoms with Gasteiger partial charge in [-0.25, -0.2) is 4.39 Å². The van der Waals surface area contributed by atoms with Gasteiger partial charge in [0.25, 0.3) is 0 Å². The molecule has 4 heteroatoms. The van der Waals surface area contributed by atoms with Gasteiger partial charge in [-0.2, -0.15) is 0 Å². The molecule has 3 rings (SSSR count). The molecule has 0 unspecified atom stereocenters. The quantitative estimate of drug-likeness (QED) is 0.805. The maximum absolute atomic E-state index is 13.9. The summed E-state index contributed by atoms with van der Waals surface area (Å²) in [6.45, 7) is 1.20. The van der Waals surface area contributed by atoms with Gasteiger partial charge in [0.2, 0.25) is 5.91 Å². The Kier molecular flexibility index (Phi) is 2.50. The Labute approximate surface area is 99.0 Å². The van der Waals surface area contributed by atoms with E-state index in [1.807, 2.05) is 6.07 Å². The topological polar surface area (TPSA) is 38.3 Å². The highest BCUT2D eigenvalue weighted by Gasteiger charge is 2.27. The van der Waals surface area contributed by atoms with Gasteiger partial charge in [-0.1, -0.05) is 0 Å². The zero-order valence-electron chi connectivity index (χ0n) is 9.46. The van der Waals surface area contributed by atoms with Gasteiger partial charge in [-0.15, -0.1) is 0 Å². The number of amides is 1. The Balaban J connectivity index is 1.96. The van der Waals surface area contributed by atoms with Crippen molar-refractivity contribution in [2.45, 2.75) is 25.2 Å². The molecule has 2 aliphatic heterocycles. The van der Waals surface area contributed by atoms with Crippen LogP contribution in [0.3, 0.4) is 0 Å². The maximum Gasteiger partial charge on any atom is 0.220 e. The Bertz CT molecular complexity index is 473. The molecule has 1 aromatic rings. The maximum atomic E-state index is 13.9. The fraction of sp³-hybridized carbons (Fsp3) is 0.462. The third kappa shape index (κ3) is 1.88. The van der Waals surface area contributed by atoms with Crippen molar-refractivity contribution in [2.75, 3.05) is 13.2 Å². The number of rotatable bonds is 1. The Morgan fingerprint density at radius 3 is 3.06 bits per heavy atom. The smallest absolute Gasteiger partial charge is 0.220 e. The molecule has 1 atom stereocenters. The molecule has 1 saturated heterocycles. The molecule has 0 radical (unpaired) electrons. The molecule has 90 valence electrons. The minimum atomic E-state index is -0.257. The molecule has 2 aliphatic rings. The van der Waals surface area contributed by atoms with Crippen LogP contribution in [0.4, 0.5) is 4.39 Å². The van der Waals surface area contributed by atoms with Crippen LogP contribution >= 0.6 is 0 Å². The van der Waals surface area contributed by atoms with Crippen LogP contribution in [0.2, 0.25) is 0 Å². The molecule has 2 heterocycles. The zero-order chi connectivity index (χ0) is 11.8. The fourth-order valence-electron chi connectivity index (χ4n) is 2.53. The lowest BCUT2D eigenvalue weighted by atomic mass is 9.93. The second-order valence-corrected chi connectivity index (χ2v) is 4.64. The van der Waals surface area contributed by atoms with Crippen molar-refractivity contribution < 1.29 is 13.9 Å². The number of nitrogens with one attached hydrogen (secondary N) is 1. The second kappa shape index (κ2) is 4.02. The lowest BCUT2D eigenvalue weighted by molar-refractivity contribution is -0.119. The first-order valence-electron chi connectivity index (χ1n) is 5.96. The van der Waals surface area contributed by atoms with E-state index in [2.05, 4.69) is 5.32 Å². The Morgan fingerprint density at radius 2 is 2.29 bits per heavy atom. The Hall–Kier alpha value is -1.58. The van der Waals surface area contributed by atoms with E-state index in [1.165, 1.54) is 6.07 Å². The van der Waals surface area contributed by atoms with Crippen molar-refractivity contribution >= 4 is 5.91 Å². The second-order valence-electron chi connectivity index (χ2n) is 4.64. The van der Waals surface area contributed by atoms with Crippen LogP contribution in [-0.4, -0.2) is 19.1 Å². The summed E-state index contributed by atoms with van der Waals surface area (Å²) in [6, 6.07) is 3.33. The first-order valence-corrected chi connectivity index (χ1v) is 5.96. The number of fused-ring (bicyclic) bond motifs is 1. The lowest BCUT2D eigenvalue weighted by Gasteiger charge is -2.20. The van der Waals surface area contributed by atoms with Crippen molar-refractivity contribution in [3.05, 3.63) is 29.1 Å². The van der Waals surface area contributed by atoms with Gasteiger partial charge in [0, 0.05) is 24.9 Å². The molecule has 1 N–H and O–H groups in total. The van der Waals surface area contributed by atoms with Crippen molar-refractivity contribution in [2.24, 2.45) is 0 Å². The fourth-order valence-corrected chi connectivity index (χ4v) is 2.53. The first kappa shape index (κ1) is 10.6. The lowest BCUT2D eigenvalue weighted by Crippen LogP contribution is -2.14. The van der Waals surface area contributed by atoms with Crippen LogP contribution in [0.1, 0.15) is 29.9 Å². The summed E-state index contributed by atoms with van der Waals surface area (Å²) in [5.74, 6) is 0.375. The predicted octanol–water partition coefficient (Wildman–Crippen LogP) is 1.75. The molecule has 17 heavy (non-hydrogen) atoms. The highest BCUT2D eigenvalue weighted by molar-refractivity contribution is 5.79. The minimum absolute atomic E-state index is 0.00312. The number of carbonyl (C=O) groups excluding carboxylic acids is 1. The average molecular weight is 235 g/mol. The van der Waals surface area contributed by atoms with Gasteiger partial charge in [-0.3, -0.25) is 4.79 Å². The third-order valence-corrected chi connectivity index (χ3v) is 3.45. The molecule has 0 aromatic heterocycles. The number of hydrogen-bond acceptors (Lipinski definition) is 2. The molecule has 1 amide bonds. The predicted molar refractivity (Wildman–Crippen MR) is 60.6 cm³/mol. The van der Waals surface area contributed by atoms with Crippen LogP contribution in [-0.2, 0) is 11.2 Å². The molecule has 0 spiro atoms. The van der Waals surface area contributed by atoms with Crippen molar-refractivity contribution in [1.82, 2.24) is 5.32 Å². The molecule has 1 aromatic carbocycles. The number of halogens is 1. The van der Waals surface area contributed by atoms with E-state index in [0.29, 0.717) is 30.9 Å². The number of ether oxygens (including phenoxy) is 1. The van der Waals surface area contributed by atoms with E-state index in [1.54, 1.807) is 0 Å². The monoisotopic (exact) mass is 235 g/mol. The van der Waals surface area contributed by atoms with Crippen LogP contribution in [0.5, 0.6) is 5.75 Å². The molecular weight excluding hydrogens is 221 g/mol. The SMILES string of the molecule is O=C1C[C@H](c2cc3c(cc2F)OCCC3)CN1. The van der Waals surface area contributed by atoms with Gasteiger partial charge < -0.3 is 10.1 Å². The highest BCUT2D eigenvalue weighted by Crippen LogP contribution is 2.33. The largest absolute Gasteiger partial charge is 0.493 e. The van der Waals surface area contributed by atoms with Gasteiger partial charge in [0.05, 0.1) is 6.61 Å². The van der Waals surface area contributed by atoms with E-state index >= 15 is 0 Å². The van der Waals surface area contributed by atoms with Crippen molar-refractivity contribution in [3.8, 4) is 5.75 Å². The summed E-state index contributed by atoms with van der Waals surface area (Å²) in [4.78, 5) is 11.2. The van der Waals surface area contributed by atoms with E-state index in [-0.39, 0.29) is 17.6 Å². The van der Waals surface area contributed by atoms with Crippen LogP contribution < -0.4 is 10.1 Å². The molecule has 0 aliphatic carbocycles. The van der Waals surface area contributed by atoms with E-state index in [9.17, 15) is 9.18 Å². The zero-order valence-corrected chi connectivity index (χ0v) is 9.46. The van der Waals surface area contributed by atoms with Crippen LogP contribution in [0, 0.1) is 5.82 Å². The normalized spacial score (nSPS) is 22.9. The number of benzene rings is 1. The Morgan fingerprint density at radius 1 is 1.41 bits per heavy atom. The van der Waals surface area contributed by atoms with E-state index in [0.717, 1.165) is 18.4 Å². The number of hydrogen-bond donors (Lipinski definition) is 1.